The lowest BCUT2D eigenvalue weighted by molar-refractivity contribution is 0.415. The van der Waals surface area contributed by atoms with E-state index in [0.29, 0.717) is 0 Å². The van der Waals surface area contributed by atoms with Crippen LogP contribution in [0.3, 0.4) is 0 Å². The third-order valence-corrected chi connectivity index (χ3v) is 5.95. The molecule has 0 bridgehead atoms. The molecule has 4 aromatic rings. The average Bonchev–Trinajstić information content (AvgIpc) is 3.06. The van der Waals surface area contributed by atoms with Gasteiger partial charge in [-0.2, -0.15) is 0 Å². The summed E-state index contributed by atoms with van der Waals surface area (Å²) in [5.41, 5.74) is 12.1. The number of furan rings is 1. The molecule has 148 valence electrons. The zero-order valence-corrected chi connectivity index (χ0v) is 18.4. The predicted octanol–water partition coefficient (Wildman–Crippen LogP) is 7.63. The maximum absolute atomic E-state index is 6.61. The van der Waals surface area contributed by atoms with Gasteiger partial charge in [0.05, 0.1) is 7.11 Å². The van der Waals surface area contributed by atoms with Gasteiger partial charge in [0, 0.05) is 16.5 Å². The van der Waals surface area contributed by atoms with E-state index in [1.165, 1.54) is 49.9 Å². The van der Waals surface area contributed by atoms with Gasteiger partial charge >= 0.3 is 0 Å². The van der Waals surface area contributed by atoms with Crippen molar-refractivity contribution in [3.8, 4) is 28.2 Å². The normalized spacial score (nSPS) is 11.3. The summed E-state index contributed by atoms with van der Waals surface area (Å²) in [5, 5.41) is 1.22. The van der Waals surface area contributed by atoms with Crippen LogP contribution in [0, 0.1) is 41.5 Å². The number of hydrogen-bond acceptors (Lipinski definition) is 2. The highest BCUT2D eigenvalue weighted by Crippen LogP contribution is 2.46. The molecule has 1 heterocycles. The van der Waals surface area contributed by atoms with Crippen LogP contribution in [0.4, 0.5) is 0 Å². The Hall–Kier alpha value is -3.00. The van der Waals surface area contributed by atoms with Gasteiger partial charge in [0.1, 0.15) is 17.1 Å². The minimum atomic E-state index is 0.845. The molecule has 0 N–H and O–H groups in total. The van der Waals surface area contributed by atoms with Gasteiger partial charge in [0.2, 0.25) is 0 Å². The molecule has 0 aliphatic carbocycles. The fraction of sp³-hybridized carbons (Fsp3) is 0.259. The van der Waals surface area contributed by atoms with Crippen LogP contribution in [0.5, 0.6) is 5.75 Å². The average molecular weight is 385 g/mol. The van der Waals surface area contributed by atoms with Gasteiger partial charge in [-0.1, -0.05) is 23.8 Å². The van der Waals surface area contributed by atoms with Crippen LogP contribution in [0.1, 0.15) is 33.4 Å². The summed E-state index contributed by atoms with van der Waals surface area (Å²) < 4.78 is 12.0. The SMILES string of the molecule is COc1ccc(-c2oc3c(C)c(C)cc(C)c3c2-c2c(C)cc(C)cc2C)cc1. The summed E-state index contributed by atoms with van der Waals surface area (Å²) in [6, 6.07) is 14.9. The molecule has 0 fully saturated rings. The highest BCUT2D eigenvalue weighted by molar-refractivity contribution is 6.06. The lowest BCUT2D eigenvalue weighted by Crippen LogP contribution is -1.93. The second-order valence-electron chi connectivity index (χ2n) is 8.15. The van der Waals surface area contributed by atoms with Gasteiger partial charge < -0.3 is 9.15 Å². The smallest absolute Gasteiger partial charge is 0.143 e. The Labute approximate surface area is 173 Å². The second-order valence-corrected chi connectivity index (χ2v) is 8.15. The standard InChI is InChI=1S/C27H28O2/c1-15-12-17(3)23(18(4)13-15)25-24-19(5)14-16(2)20(6)26(24)29-27(25)21-8-10-22(28-7)11-9-21/h8-14H,1-7H3. The monoisotopic (exact) mass is 384 g/mol. The topological polar surface area (TPSA) is 22.4 Å². The first-order valence-electron chi connectivity index (χ1n) is 10.1. The zero-order chi connectivity index (χ0) is 20.9. The van der Waals surface area contributed by atoms with E-state index in [9.17, 15) is 0 Å². The molecular formula is C27H28O2. The van der Waals surface area contributed by atoms with Crippen molar-refractivity contribution in [3.63, 3.8) is 0 Å². The molecule has 4 rings (SSSR count). The molecular weight excluding hydrogens is 356 g/mol. The maximum Gasteiger partial charge on any atom is 0.143 e. The van der Waals surface area contributed by atoms with Crippen LogP contribution in [-0.2, 0) is 0 Å². The summed E-state index contributed by atoms with van der Waals surface area (Å²) in [4.78, 5) is 0. The van der Waals surface area contributed by atoms with Crippen molar-refractivity contribution in [1.29, 1.82) is 0 Å². The third-order valence-electron chi connectivity index (χ3n) is 5.95. The second kappa shape index (κ2) is 7.11. The van der Waals surface area contributed by atoms with E-state index in [1.807, 2.05) is 12.1 Å². The lowest BCUT2D eigenvalue weighted by Gasteiger charge is -2.14. The first-order chi connectivity index (χ1) is 13.8. The summed E-state index contributed by atoms with van der Waals surface area (Å²) in [6.45, 7) is 13.0. The van der Waals surface area contributed by atoms with Crippen molar-refractivity contribution in [3.05, 3.63) is 75.8 Å². The number of aryl methyl sites for hydroxylation is 6. The van der Waals surface area contributed by atoms with Gasteiger partial charge in [-0.3, -0.25) is 0 Å². The molecule has 2 nitrogen and oxygen atoms in total. The number of hydrogen-bond donors (Lipinski definition) is 0. The van der Waals surface area contributed by atoms with Crippen LogP contribution >= 0.6 is 0 Å². The van der Waals surface area contributed by atoms with Crippen LogP contribution in [0.15, 0.2) is 46.9 Å². The molecule has 0 saturated heterocycles. The van der Waals surface area contributed by atoms with E-state index in [2.05, 4.69) is 71.9 Å². The maximum atomic E-state index is 6.61. The Morgan fingerprint density at radius 1 is 0.690 bits per heavy atom. The largest absolute Gasteiger partial charge is 0.497 e. The van der Waals surface area contributed by atoms with Crippen LogP contribution < -0.4 is 4.74 Å². The van der Waals surface area contributed by atoms with Crippen LogP contribution in [0.2, 0.25) is 0 Å². The molecule has 1 aromatic heterocycles. The minimum Gasteiger partial charge on any atom is -0.497 e. The number of rotatable bonds is 3. The van der Waals surface area contributed by atoms with Crippen molar-refractivity contribution >= 4 is 11.0 Å². The highest BCUT2D eigenvalue weighted by atomic mass is 16.5. The molecule has 0 spiro atoms. The summed E-state index contributed by atoms with van der Waals surface area (Å²) in [5.74, 6) is 1.77. The molecule has 0 radical (unpaired) electrons. The first kappa shape index (κ1) is 19.3. The van der Waals surface area contributed by atoms with Gasteiger partial charge in [0.25, 0.3) is 0 Å². The Kier molecular flexibility index (Phi) is 4.74. The lowest BCUT2D eigenvalue weighted by atomic mass is 9.88. The Morgan fingerprint density at radius 3 is 1.90 bits per heavy atom. The molecule has 0 saturated carbocycles. The Morgan fingerprint density at radius 2 is 1.31 bits per heavy atom. The fourth-order valence-corrected chi connectivity index (χ4v) is 4.51. The predicted molar refractivity (Wildman–Crippen MR) is 122 cm³/mol. The van der Waals surface area contributed by atoms with E-state index >= 15 is 0 Å². The molecule has 0 aliphatic rings. The van der Waals surface area contributed by atoms with E-state index in [1.54, 1.807) is 7.11 Å². The quantitative estimate of drug-likeness (QED) is 0.362. The fourth-order valence-electron chi connectivity index (χ4n) is 4.51. The van der Waals surface area contributed by atoms with E-state index in [0.717, 1.165) is 22.7 Å². The van der Waals surface area contributed by atoms with Crippen molar-refractivity contribution in [1.82, 2.24) is 0 Å². The summed E-state index contributed by atoms with van der Waals surface area (Å²) >= 11 is 0. The first-order valence-corrected chi connectivity index (χ1v) is 10.1. The summed E-state index contributed by atoms with van der Waals surface area (Å²) in [6.07, 6.45) is 0. The molecule has 0 aliphatic heterocycles. The van der Waals surface area contributed by atoms with E-state index in [-0.39, 0.29) is 0 Å². The molecule has 2 heteroatoms. The Balaban J connectivity index is 2.15. The minimum absolute atomic E-state index is 0.845. The molecule has 29 heavy (non-hydrogen) atoms. The Bertz CT molecular complexity index is 1200. The van der Waals surface area contributed by atoms with Crippen molar-refractivity contribution in [2.24, 2.45) is 0 Å². The number of ether oxygens (including phenoxy) is 1. The molecule has 3 aromatic carbocycles. The number of fused-ring (bicyclic) bond motifs is 1. The highest BCUT2D eigenvalue weighted by Gasteiger charge is 2.23. The number of benzene rings is 3. The molecule has 0 unspecified atom stereocenters. The van der Waals surface area contributed by atoms with E-state index in [4.69, 9.17) is 9.15 Å². The zero-order valence-electron chi connectivity index (χ0n) is 18.4. The van der Waals surface area contributed by atoms with Crippen molar-refractivity contribution < 1.29 is 9.15 Å². The molecule has 0 atom stereocenters. The van der Waals surface area contributed by atoms with Gasteiger partial charge in [0.15, 0.2) is 0 Å². The van der Waals surface area contributed by atoms with E-state index < -0.39 is 0 Å². The van der Waals surface area contributed by atoms with Gasteiger partial charge in [-0.05, 0) is 99.2 Å². The van der Waals surface area contributed by atoms with Crippen LogP contribution in [-0.4, -0.2) is 7.11 Å². The van der Waals surface area contributed by atoms with Crippen molar-refractivity contribution in [2.45, 2.75) is 41.5 Å². The van der Waals surface area contributed by atoms with Crippen molar-refractivity contribution in [2.75, 3.05) is 7.11 Å². The van der Waals surface area contributed by atoms with Gasteiger partial charge in [-0.15, -0.1) is 0 Å². The number of methoxy groups -OCH3 is 1. The third kappa shape index (κ3) is 3.13. The van der Waals surface area contributed by atoms with Crippen LogP contribution in [0.25, 0.3) is 33.4 Å². The summed E-state index contributed by atoms with van der Waals surface area (Å²) in [7, 11) is 1.69. The van der Waals surface area contributed by atoms with Gasteiger partial charge in [-0.25, -0.2) is 0 Å². The molecule has 0 amide bonds.